The van der Waals surface area contributed by atoms with Crippen LogP contribution < -0.4 is 14.9 Å². The minimum Gasteiger partial charge on any atom is -0.376 e. The highest BCUT2D eigenvalue weighted by Crippen LogP contribution is 2.24. The van der Waals surface area contributed by atoms with E-state index in [0.717, 1.165) is 31.6 Å². The van der Waals surface area contributed by atoms with Gasteiger partial charge >= 0.3 is 0 Å². The van der Waals surface area contributed by atoms with E-state index in [4.69, 9.17) is 0 Å². The molecule has 0 aliphatic heterocycles. The maximum Gasteiger partial charge on any atom is 0.232 e. The summed E-state index contributed by atoms with van der Waals surface area (Å²) in [6.45, 7) is 3.97. The highest BCUT2D eigenvalue weighted by Gasteiger charge is 2.13. The number of benzene rings is 1. The summed E-state index contributed by atoms with van der Waals surface area (Å²) < 4.78 is 26.9. The number of hydrogen-bond donors (Lipinski definition) is 2. The number of unbranched alkanes of at least 4 members (excludes halogenated alkanes) is 1. The summed E-state index contributed by atoms with van der Waals surface area (Å²) in [4.78, 5) is 1.90. The molecule has 2 N–H and O–H groups in total. The lowest BCUT2D eigenvalue weighted by Gasteiger charge is -2.18. The van der Waals surface area contributed by atoms with Gasteiger partial charge in [-0.1, -0.05) is 19.1 Å². The summed E-state index contributed by atoms with van der Waals surface area (Å²) in [7, 11) is 0.503. The monoisotopic (exact) mass is 313 g/mol. The van der Waals surface area contributed by atoms with Crippen LogP contribution in [-0.2, 0) is 10.0 Å². The zero-order valence-corrected chi connectivity index (χ0v) is 14.0. The molecule has 0 heterocycles. The summed E-state index contributed by atoms with van der Waals surface area (Å²) in [6, 6.07) is 7.41. The molecule has 1 rings (SSSR count). The predicted molar refractivity (Wildman–Crippen MR) is 90.6 cm³/mol. The van der Waals surface area contributed by atoms with Crippen LogP contribution in [0.5, 0.6) is 0 Å². The van der Waals surface area contributed by atoms with Crippen molar-refractivity contribution < 1.29 is 8.42 Å². The Kier molecular flexibility index (Phi) is 7.53. The Balaban J connectivity index is 2.49. The van der Waals surface area contributed by atoms with E-state index in [2.05, 4.69) is 17.0 Å². The fourth-order valence-corrected chi connectivity index (χ4v) is 3.21. The van der Waals surface area contributed by atoms with Gasteiger partial charge in [-0.05, 0) is 44.5 Å². The average Bonchev–Trinajstić information content (AvgIpc) is 2.42. The largest absolute Gasteiger partial charge is 0.376 e. The van der Waals surface area contributed by atoms with Gasteiger partial charge in [0, 0.05) is 14.1 Å². The lowest BCUT2D eigenvalue weighted by molar-refractivity contribution is 0.590. The Hall–Kier alpha value is -1.27. The third-order valence-electron chi connectivity index (χ3n) is 3.09. The highest BCUT2D eigenvalue weighted by molar-refractivity contribution is 7.92. The van der Waals surface area contributed by atoms with Crippen LogP contribution in [0.3, 0.4) is 0 Å². The van der Waals surface area contributed by atoms with Crippen molar-refractivity contribution in [3.8, 4) is 0 Å². The first-order valence-electron chi connectivity index (χ1n) is 7.44. The highest BCUT2D eigenvalue weighted by atomic mass is 32.2. The van der Waals surface area contributed by atoms with E-state index in [1.807, 2.05) is 37.2 Å². The van der Waals surface area contributed by atoms with Crippen LogP contribution >= 0.6 is 0 Å². The van der Waals surface area contributed by atoms with Crippen molar-refractivity contribution in [3.63, 3.8) is 0 Å². The Bertz CT molecular complexity index is 515. The normalized spacial score (nSPS) is 11.4. The molecule has 0 fully saturated rings. The molecule has 0 saturated carbocycles. The molecule has 1 aromatic rings. The van der Waals surface area contributed by atoms with Crippen molar-refractivity contribution in [1.29, 1.82) is 0 Å². The second-order valence-corrected chi connectivity index (χ2v) is 7.13. The van der Waals surface area contributed by atoms with Crippen molar-refractivity contribution in [2.45, 2.75) is 26.2 Å². The van der Waals surface area contributed by atoms with Crippen molar-refractivity contribution in [2.75, 3.05) is 42.6 Å². The molecule has 0 radical (unpaired) electrons. The molecule has 0 amide bonds. The number of nitrogens with zero attached hydrogens (tertiary/aromatic N) is 1. The van der Waals surface area contributed by atoms with Crippen LogP contribution in [0.2, 0.25) is 0 Å². The standard InChI is InChI=1S/C15H27N3O2S/c1-4-11-16-12-7-8-13-21(19,20)17-14-9-5-6-10-15(14)18(2)3/h5-6,9-10,16-17H,4,7-8,11-13H2,1-3H3. The molecule has 6 heteroatoms. The molecule has 0 saturated heterocycles. The van der Waals surface area contributed by atoms with Gasteiger partial charge in [0.15, 0.2) is 0 Å². The first-order valence-corrected chi connectivity index (χ1v) is 9.09. The van der Waals surface area contributed by atoms with Crippen molar-refractivity contribution >= 4 is 21.4 Å². The van der Waals surface area contributed by atoms with Crippen LogP contribution in [0.15, 0.2) is 24.3 Å². The van der Waals surface area contributed by atoms with E-state index in [9.17, 15) is 8.42 Å². The Labute approximate surface area is 128 Å². The first-order chi connectivity index (χ1) is 9.96. The number of hydrogen-bond acceptors (Lipinski definition) is 4. The Morgan fingerprint density at radius 2 is 1.81 bits per heavy atom. The maximum atomic E-state index is 12.1. The van der Waals surface area contributed by atoms with Gasteiger partial charge < -0.3 is 10.2 Å². The van der Waals surface area contributed by atoms with Gasteiger partial charge in [-0.25, -0.2) is 8.42 Å². The van der Waals surface area contributed by atoms with E-state index < -0.39 is 10.0 Å². The van der Waals surface area contributed by atoms with Crippen molar-refractivity contribution in [3.05, 3.63) is 24.3 Å². The number of para-hydroxylation sites is 2. The predicted octanol–water partition coefficient (Wildman–Crippen LogP) is 2.27. The summed E-state index contributed by atoms with van der Waals surface area (Å²) in [5.41, 5.74) is 1.50. The van der Waals surface area contributed by atoms with E-state index in [-0.39, 0.29) is 5.75 Å². The molecular formula is C15H27N3O2S. The average molecular weight is 313 g/mol. The van der Waals surface area contributed by atoms with Crippen LogP contribution in [0.1, 0.15) is 26.2 Å². The van der Waals surface area contributed by atoms with Crippen LogP contribution in [0, 0.1) is 0 Å². The SMILES string of the molecule is CCCNCCCCS(=O)(=O)Nc1ccccc1N(C)C. The van der Waals surface area contributed by atoms with Gasteiger partial charge in [-0.15, -0.1) is 0 Å². The molecule has 1 aromatic carbocycles. The molecule has 0 aliphatic carbocycles. The lowest BCUT2D eigenvalue weighted by atomic mass is 10.2. The van der Waals surface area contributed by atoms with E-state index >= 15 is 0 Å². The van der Waals surface area contributed by atoms with Gasteiger partial charge in [0.25, 0.3) is 0 Å². The Morgan fingerprint density at radius 3 is 2.48 bits per heavy atom. The van der Waals surface area contributed by atoms with Gasteiger partial charge in [0.2, 0.25) is 10.0 Å². The number of nitrogens with one attached hydrogen (secondary N) is 2. The van der Waals surface area contributed by atoms with Crippen LogP contribution in [-0.4, -0.2) is 41.4 Å². The van der Waals surface area contributed by atoms with Gasteiger partial charge in [-0.2, -0.15) is 0 Å². The third kappa shape index (κ3) is 6.82. The third-order valence-corrected chi connectivity index (χ3v) is 4.45. The van der Waals surface area contributed by atoms with Crippen molar-refractivity contribution in [2.24, 2.45) is 0 Å². The molecule has 0 spiro atoms. The number of rotatable bonds is 10. The zero-order chi connectivity index (χ0) is 15.7. The number of anilines is 2. The van der Waals surface area contributed by atoms with Crippen molar-refractivity contribution in [1.82, 2.24) is 5.32 Å². The fourth-order valence-electron chi connectivity index (χ4n) is 2.01. The molecule has 0 aromatic heterocycles. The van der Waals surface area contributed by atoms with Gasteiger partial charge in [0.1, 0.15) is 0 Å². The summed E-state index contributed by atoms with van der Waals surface area (Å²) >= 11 is 0. The second-order valence-electron chi connectivity index (χ2n) is 5.29. The lowest BCUT2D eigenvalue weighted by Crippen LogP contribution is -2.21. The fraction of sp³-hybridized carbons (Fsp3) is 0.600. The molecular weight excluding hydrogens is 286 g/mol. The van der Waals surface area contributed by atoms with Gasteiger partial charge in [0.05, 0.1) is 17.1 Å². The molecule has 21 heavy (non-hydrogen) atoms. The second kappa shape index (κ2) is 8.89. The van der Waals surface area contributed by atoms with Gasteiger partial charge in [-0.3, -0.25) is 4.72 Å². The Morgan fingerprint density at radius 1 is 1.10 bits per heavy atom. The first kappa shape index (κ1) is 17.8. The maximum absolute atomic E-state index is 12.1. The molecule has 0 bridgehead atoms. The quantitative estimate of drug-likeness (QED) is 0.651. The van der Waals surface area contributed by atoms with E-state index in [1.54, 1.807) is 6.07 Å². The van der Waals surface area contributed by atoms with E-state index in [1.165, 1.54) is 0 Å². The smallest absolute Gasteiger partial charge is 0.232 e. The topological polar surface area (TPSA) is 61.4 Å². The molecule has 0 aliphatic rings. The number of sulfonamides is 1. The summed E-state index contributed by atoms with van der Waals surface area (Å²) in [6.07, 6.45) is 2.63. The van der Waals surface area contributed by atoms with Crippen LogP contribution in [0.25, 0.3) is 0 Å². The summed E-state index contributed by atoms with van der Waals surface area (Å²) in [5, 5.41) is 3.27. The molecule has 120 valence electrons. The summed E-state index contributed by atoms with van der Waals surface area (Å²) in [5.74, 6) is 0.155. The molecule has 5 nitrogen and oxygen atoms in total. The minimum atomic E-state index is -3.29. The minimum absolute atomic E-state index is 0.155. The van der Waals surface area contributed by atoms with E-state index in [0.29, 0.717) is 12.1 Å². The molecule has 0 unspecified atom stereocenters. The van der Waals surface area contributed by atoms with Crippen LogP contribution in [0.4, 0.5) is 11.4 Å². The zero-order valence-electron chi connectivity index (χ0n) is 13.2. The molecule has 0 atom stereocenters.